The van der Waals surface area contributed by atoms with E-state index in [1.54, 1.807) is 12.1 Å². The fourth-order valence-corrected chi connectivity index (χ4v) is 3.12. The second kappa shape index (κ2) is 6.30. The average molecular weight is 336 g/mol. The molecule has 1 aliphatic carbocycles. The summed E-state index contributed by atoms with van der Waals surface area (Å²) in [6.07, 6.45) is 3.06. The Labute approximate surface area is 137 Å². The third kappa shape index (κ3) is 2.79. The lowest BCUT2D eigenvalue weighted by molar-refractivity contribution is 0.400. The molecule has 5 heteroatoms. The standard InChI is InChI=1S/C19H16F4O/c1-10-2-7-13(17(21)16(10)20)11-3-5-12(6-4-11)14-8-9-15(24)19(23)18(14)22/h2-3,7-9,12,24H,4-6H2,1H3. The third-order valence-corrected chi connectivity index (χ3v) is 4.56. The molecule has 0 amide bonds. The van der Waals surface area contributed by atoms with E-state index in [0.29, 0.717) is 24.8 Å². The molecule has 1 aliphatic rings. The summed E-state index contributed by atoms with van der Waals surface area (Å²) < 4.78 is 55.2. The van der Waals surface area contributed by atoms with Crippen molar-refractivity contribution >= 4 is 5.57 Å². The Morgan fingerprint density at radius 3 is 2.33 bits per heavy atom. The highest BCUT2D eigenvalue weighted by Gasteiger charge is 2.24. The van der Waals surface area contributed by atoms with Crippen molar-refractivity contribution < 1.29 is 22.7 Å². The fraction of sp³-hybridized carbons (Fsp3) is 0.263. The molecule has 3 rings (SSSR count). The predicted octanol–water partition coefficient (Wildman–Crippen LogP) is 5.61. The van der Waals surface area contributed by atoms with Crippen LogP contribution < -0.4 is 0 Å². The van der Waals surface area contributed by atoms with Gasteiger partial charge in [-0.1, -0.05) is 24.3 Å². The predicted molar refractivity (Wildman–Crippen MR) is 83.7 cm³/mol. The summed E-state index contributed by atoms with van der Waals surface area (Å²) in [6.45, 7) is 1.50. The van der Waals surface area contributed by atoms with Gasteiger partial charge in [0.2, 0.25) is 5.82 Å². The molecule has 1 unspecified atom stereocenters. The van der Waals surface area contributed by atoms with Gasteiger partial charge >= 0.3 is 0 Å². The molecule has 126 valence electrons. The van der Waals surface area contributed by atoms with Crippen molar-refractivity contribution in [3.8, 4) is 5.75 Å². The number of hydrogen-bond donors (Lipinski definition) is 1. The van der Waals surface area contributed by atoms with Crippen LogP contribution in [0.15, 0.2) is 30.3 Å². The van der Waals surface area contributed by atoms with Crippen molar-refractivity contribution in [2.24, 2.45) is 0 Å². The molecule has 1 N–H and O–H groups in total. The Bertz CT molecular complexity index is 827. The molecule has 1 atom stereocenters. The van der Waals surface area contributed by atoms with Crippen LogP contribution in [-0.2, 0) is 0 Å². The van der Waals surface area contributed by atoms with Gasteiger partial charge in [0.15, 0.2) is 23.2 Å². The van der Waals surface area contributed by atoms with E-state index < -0.39 is 29.0 Å². The van der Waals surface area contributed by atoms with Gasteiger partial charge in [-0.25, -0.2) is 13.2 Å². The summed E-state index contributed by atoms with van der Waals surface area (Å²) in [4.78, 5) is 0. The Morgan fingerprint density at radius 2 is 1.67 bits per heavy atom. The number of hydrogen-bond acceptors (Lipinski definition) is 1. The second-order valence-electron chi connectivity index (χ2n) is 6.06. The van der Waals surface area contributed by atoms with Crippen LogP contribution in [0.25, 0.3) is 5.57 Å². The van der Waals surface area contributed by atoms with E-state index in [1.807, 2.05) is 0 Å². The number of phenols is 1. The van der Waals surface area contributed by atoms with Crippen LogP contribution in [0.2, 0.25) is 0 Å². The summed E-state index contributed by atoms with van der Waals surface area (Å²) in [5.74, 6) is -5.02. The molecule has 1 nitrogen and oxygen atoms in total. The number of phenolic OH excluding ortho intramolecular Hbond substituents is 1. The Morgan fingerprint density at radius 1 is 0.917 bits per heavy atom. The van der Waals surface area contributed by atoms with Crippen molar-refractivity contribution in [1.82, 2.24) is 0 Å². The second-order valence-corrected chi connectivity index (χ2v) is 6.06. The first kappa shape index (κ1) is 16.6. The molecule has 0 bridgehead atoms. The van der Waals surface area contributed by atoms with Gasteiger partial charge < -0.3 is 5.11 Å². The van der Waals surface area contributed by atoms with Crippen LogP contribution in [0.1, 0.15) is 41.9 Å². The topological polar surface area (TPSA) is 20.2 Å². The van der Waals surface area contributed by atoms with Gasteiger partial charge in [-0.05, 0) is 54.9 Å². The molecule has 2 aromatic carbocycles. The number of allylic oxidation sites excluding steroid dienone is 2. The first-order chi connectivity index (χ1) is 11.4. The molecule has 0 heterocycles. The summed E-state index contributed by atoms with van der Waals surface area (Å²) >= 11 is 0. The molecule has 0 saturated heterocycles. The van der Waals surface area contributed by atoms with Crippen LogP contribution >= 0.6 is 0 Å². The van der Waals surface area contributed by atoms with Gasteiger partial charge in [0, 0.05) is 5.56 Å². The molecule has 0 spiro atoms. The smallest absolute Gasteiger partial charge is 0.200 e. The summed E-state index contributed by atoms with van der Waals surface area (Å²) in [5, 5.41) is 9.19. The highest BCUT2D eigenvalue weighted by molar-refractivity contribution is 5.67. The molecule has 0 radical (unpaired) electrons. The highest BCUT2D eigenvalue weighted by Crippen LogP contribution is 2.39. The number of rotatable bonds is 2. The van der Waals surface area contributed by atoms with Crippen LogP contribution in [0, 0.1) is 30.2 Å². The van der Waals surface area contributed by atoms with Crippen molar-refractivity contribution in [2.45, 2.75) is 32.1 Å². The lowest BCUT2D eigenvalue weighted by atomic mass is 9.82. The minimum Gasteiger partial charge on any atom is -0.505 e. The monoisotopic (exact) mass is 336 g/mol. The average Bonchev–Trinajstić information content (AvgIpc) is 2.58. The fourth-order valence-electron chi connectivity index (χ4n) is 3.12. The van der Waals surface area contributed by atoms with Crippen LogP contribution in [0.5, 0.6) is 5.75 Å². The number of aryl methyl sites for hydroxylation is 1. The highest BCUT2D eigenvalue weighted by atomic mass is 19.2. The van der Waals surface area contributed by atoms with Crippen molar-refractivity contribution in [3.05, 3.63) is 70.3 Å². The van der Waals surface area contributed by atoms with E-state index in [1.165, 1.54) is 19.1 Å². The van der Waals surface area contributed by atoms with Crippen molar-refractivity contribution in [1.29, 1.82) is 0 Å². The van der Waals surface area contributed by atoms with Gasteiger partial charge in [0.25, 0.3) is 0 Å². The van der Waals surface area contributed by atoms with E-state index in [9.17, 15) is 22.7 Å². The molecular formula is C19H16F4O. The zero-order valence-electron chi connectivity index (χ0n) is 13.0. The van der Waals surface area contributed by atoms with Crippen molar-refractivity contribution in [3.63, 3.8) is 0 Å². The Hall–Kier alpha value is -2.30. The van der Waals surface area contributed by atoms with E-state index in [2.05, 4.69) is 0 Å². The van der Waals surface area contributed by atoms with Crippen LogP contribution in [-0.4, -0.2) is 5.11 Å². The molecule has 0 aromatic heterocycles. The maximum Gasteiger partial charge on any atom is 0.200 e. The zero-order valence-corrected chi connectivity index (χ0v) is 13.0. The molecule has 0 saturated carbocycles. The minimum absolute atomic E-state index is 0.191. The van der Waals surface area contributed by atoms with Crippen LogP contribution in [0.3, 0.4) is 0 Å². The summed E-state index contributed by atoms with van der Waals surface area (Å²) in [7, 11) is 0. The van der Waals surface area contributed by atoms with E-state index in [0.717, 1.165) is 6.07 Å². The lowest BCUT2D eigenvalue weighted by Gasteiger charge is -2.23. The van der Waals surface area contributed by atoms with Crippen LogP contribution in [0.4, 0.5) is 17.6 Å². The van der Waals surface area contributed by atoms with E-state index in [-0.39, 0.29) is 22.6 Å². The molecule has 24 heavy (non-hydrogen) atoms. The van der Waals surface area contributed by atoms with Crippen molar-refractivity contribution in [2.75, 3.05) is 0 Å². The van der Waals surface area contributed by atoms with Gasteiger partial charge in [0.05, 0.1) is 0 Å². The van der Waals surface area contributed by atoms with E-state index >= 15 is 0 Å². The maximum atomic E-state index is 14.1. The largest absolute Gasteiger partial charge is 0.505 e. The summed E-state index contributed by atoms with van der Waals surface area (Å²) in [6, 6.07) is 5.56. The van der Waals surface area contributed by atoms with Gasteiger partial charge in [0.1, 0.15) is 0 Å². The third-order valence-electron chi connectivity index (χ3n) is 4.56. The number of aromatic hydroxyl groups is 1. The molecule has 2 aromatic rings. The zero-order chi connectivity index (χ0) is 17.4. The molecule has 0 fully saturated rings. The minimum atomic E-state index is -1.26. The molecular weight excluding hydrogens is 320 g/mol. The first-order valence-electron chi connectivity index (χ1n) is 7.71. The lowest BCUT2D eigenvalue weighted by Crippen LogP contribution is -2.08. The van der Waals surface area contributed by atoms with Gasteiger partial charge in [-0.2, -0.15) is 4.39 Å². The van der Waals surface area contributed by atoms with Gasteiger partial charge in [-0.3, -0.25) is 0 Å². The number of benzene rings is 2. The Kier molecular flexibility index (Phi) is 4.35. The SMILES string of the molecule is Cc1ccc(C2=CCC(c3ccc(O)c(F)c3F)CC2)c(F)c1F. The molecule has 0 aliphatic heterocycles. The first-order valence-corrected chi connectivity index (χ1v) is 7.71. The Balaban J connectivity index is 1.87. The normalized spacial score (nSPS) is 17.7. The van der Waals surface area contributed by atoms with E-state index in [4.69, 9.17) is 0 Å². The maximum absolute atomic E-state index is 14.1. The quantitative estimate of drug-likeness (QED) is 0.707. The van der Waals surface area contributed by atoms with Gasteiger partial charge in [-0.15, -0.1) is 0 Å². The summed E-state index contributed by atoms with van der Waals surface area (Å²) in [5.41, 5.74) is 1.32. The number of halogens is 4.